The lowest BCUT2D eigenvalue weighted by Gasteiger charge is -2.25. The first kappa shape index (κ1) is 26.2. The summed E-state index contributed by atoms with van der Waals surface area (Å²) in [6, 6.07) is 6.20. The molecule has 0 bridgehead atoms. The number of hydrogen-bond donors (Lipinski definition) is 0. The molecule has 0 aliphatic carbocycles. The van der Waals surface area contributed by atoms with Gasteiger partial charge in [-0.25, -0.2) is 0 Å². The molecule has 4 nitrogen and oxygen atoms in total. The van der Waals surface area contributed by atoms with Gasteiger partial charge in [-0.2, -0.15) is 0 Å². The standard InChI is InChI=1S/C28H44N2O2/c1-10-11-16-32-23-18-22(17-20(2)3)25(30(26(23)31)15-13-27(4,5)6)21-12-14-29-24(19-21)28(7,8)9/h12,14,18-20H,10-11,13,15-17H2,1-9H3. The Morgan fingerprint density at radius 2 is 1.78 bits per heavy atom. The van der Waals surface area contributed by atoms with Gasteiger partial charge in [0.15, 0.2) is 5.75 Å². The molecular weight excluding hydrogens is 396 g/mol. The van der Waals surface area contributed by atoms with Gasteiger partial charge in [-0.15, -0.1) is 0 Å². The van der Waals surface area contributed by atoms with Crippen molar-refractivity contribution in [1.82, 2.24) is 9.55 Å². The van der Waals surface area contributed by atoms with E-state index in [1.807, 2.05) is 22.9 Å². The molecule has 0 spiro atoms. The second-order valence-electron chi connectivity index (χ2n) is 11.6. The monoisotopic (exact) mass is 440 g/mol. The zero-order valence-corrected chi connectivity index (χ0v) is 21.8. The van der Waals surface area contributed by atoms with Crippen LogP contribution in [0.4, 0.5) is 0 Å². The molecule has 0 aliphatic rings. The first-order valence-corrected chi connectivity index (χ1v) is 12.2. The fourth-order valence-electron chi connectivity index (χ4n) is 3.71. The van der Waals surface area contributed by atoms with E-state index in [-0.39, 0.29) is 16.4 Å². The Balaban J connectivity index is 2.75. The van der Waals surface area contributed by atoms with Crippen LogP contribution in [0.2, 0.25) is 0 Å². The first-order chi connectivity index (χ1) is 14.8. The van der Waals surface area contributed by atoms with Crippen LogP contribution in [0, 0.1) is 11.3 Å². The van der Waals surface area contributed by atoms with Crippen molar-refractivity contribution in [3.05, 3.63) is 46.0 Å². The molecule has 178 valence electrons. The average molecular weight is 441 g/mol. The predicted octanol–water partition coefficient (Wildman–Crippen LogP) is 7.02. The third kappa shape index (κ3) is 7.21. The average Bonchev–Trinajstić information content (AvgIpc) is 2.67. The molecule has 0 saturated carbocycles. The van der Waals surface area contributed by atoms with Gasteiger partial charge in [-0.3, -0.25) is 9.78 Å². The van der Waals surface area contributed by atoms with Crippen LogP contribution in [0.1, 0.15) is 92.8 Å². The van der Waals surface area contributed by atoms with Crippen LogP contribution in [0.5, 0.6) is 5.75 Å². The molecule has 0 amide bonds. The van der Waals surface area contributed by atoms with Gasteiger partial charge in [0.25, 0.3) is 5.56 Å². The van der Waals surface area contributed by atoms with E-state index in [1.54, 1.807) is 0 Å². The van der Waals surface area contributed by atoms with E-state index in [0.29, 0.717) is 24.8 Å². The van der Waals surface area contributed by atoms with Gasteiger partial charge in [0.05, 0.1) is 12.3 Å². The van der Waals surface area contributed by atoms with Crippen molar-refractivity contribution in [1.29, 1.82) is 0 Å². The third-order valence-electron chi connectivity index (χ3n) is 5.61. The number of hydrogen-bond acceptors (Lipinski definition) is 3. The van der Waals surface area contributed by atoms with E-state index in [1.165, 1.54) is 5.56 Å². The molecule has 0 aromatic carbocycles. The van der Waals surface area contributed by atoms with Crippen molar-refractivity contribution in [3.8, 4) is 17.0 Å². The molecule has 4 heteroatoms. The second-order valence-corrected chi connectivity index (χ2v) is 11.6. The van der Waals surface area contributed by atoms with E-state index in [2.05, 4.69) is 73.4 Å². The number of ether oxygens (including phenoxy) is 1. The summed E-state index contributed by atoms with van der Waals surface area (Å²) in [5.41, 5.74) is 4.32. The minimum Gasteiger partial charge on any atom is -0.488 e. The highest BCUT2D eigenvalue weighted by Crippen LogP contribution is 2.31. The summed E-state index contributed by atoms with van der Waals surface area (Å²) < 4.78 is 7.96. The molecule has 2 rings (SSSR count). The number of aromatic nitrogens is 2. The molecule has 2 heterocycles. The molecule has 0 fully saturated rings. The van der Waals surface area contributed by atoms with E-state index in [9.17, 15) is 4.79 Å². The van der Waals surface area contributed by atoms with Crippen molar-refractivity contribution in [2.24, 2.45) is 11.3 Å². The van der Waals surface area contributed by atoms with E-state index < -0.39 is 0 Å². The predicted molar refractivity (Wildman–Crippen MR) is 136 cm³/mol. The topological polar surface area (TPSA) is 44.1 Å². The molecule has 0 aliphatic heterocycles. The van der Waals surface area contributed by atoms with Crippen LogP contribution in [0.15, 0.2) is 29.2 Å². The lowest BCUT2D eigenvalue weighted by molar-refractivity contribution is 0.298. The van der Waals surface area contributed by atoms with Crippen LogP contribution in [-0.4, -0.2) is 16.2 Å². The van der Waals surface area contributed by atoms with Crippen molar-refractivity contribution >= 4 is 0 Å². The fraction of sp³-hybridized carbons (Fsp3) is 0.643. The highest BCUT2D eigenvalue weighted by Gasteiger charge is 2.22. The van der Waals surface area contributed by atoms with Crippen LogP contribution in [0.3, 0.4) is 0 Å². The minimum atomic E-state index is -0.0615. The highest BCUT2D eigenvalue weighted by molar-refractivity contribution is 5.65. The second kappa shape index (κ2) is 10.7. The molecule has 32 heavy (non-hydrogen) atoms. The van der Waals surface area contributed by atoms with Gasteiger partial charge in [-0.1, -0.05) is 68.7 Å². The SMILES string of the molecule is CCCCOc1cc(CC(C)C)c(-c2ccnc(C(C)(C)C)c2)n(CCC(C)(C)C)c1=O. The number of nitrogens with zero attached hydrogens (tertiary/aromatic N) is 2. The molecular formula is C28H44N2O2. The summed E-state index contributed by atoms with van der Waals surface area (Å²) in [4.78, 5) is 18.2. The number of rotatable bonds is 9. The molecule has 0 atom stereocenters. The molecule has 0 saturated heterocycles. The maximum Gasteiger partial charge on any atom is 0.293 e. The Morgan fingerprint density at radius 1 is 1.09 bits per heavy atom. The Morgan fingerprint density at radius 3 is 2.34 bits per heavy atom. The van der Waals surface area contributed by atoms with E-state index in [0.717, 1.165) is 42.6 Å². The summed E-state index contributed by atoms with van der Waals surface area (Å²) in [5.74, 6) is 0.951. The van der Waals surface area contributed by atoms with Crippen LogP contribution >= 0.6 is 0 Å². The van der Waals surface area contributed by atoms with Gasteiger partial charge in [0.1, 0.15) is 0 Å². The van der Waals surface area contributed by atoms with Gasteiger partial charge in [0.2, 0.25) is 0 Å². The van der Waals surface area contributed by atoms with Crippen molar-refractivity contribution in [3.63, 3.8) is 0 Å². The largest absolute Gasteiger partial charge is 0.488 e. The zero-order valence-electron chi connectivity index (χ0n) is 21.8. The van der Waals surface area contributed by atoms with Gasteiger partial charge >= 0.3 is 0 Å². The molecule has 2 aromatic heterocycles. The van der Waals surface area contributed by atoms with E-state index >= 15 is 0 Å². The zero-order chi connectivity index (χ0) is 24.1. The number of pyridine rings is 2. The lowest BCUT2D eigenvalue weighted by atomic mass is 9.89. The van der Waals surface area contributed by atoms with Crippen LogP contribution < -0.4 is 10.3 Å². The maximum atomic E-state index is 13.6. The quantitative estimate of drug-likeness (QED) is 0.393. The van der Waals surface area contributed by atoms with Gasteiger partial charge in [0, 0.05) is 29.4 Å². The Bertz CT molecular complexity index is 943. The summed E-state index contributed by atoms with van der Waals surface area (Å²) >= 11 is 0. The van der Waals surface area contributed by atoms with Crippen LogP contribution in [0.25, 0.3) is 11.3 Å². The van der Waals surface area contributed by atoms with Gasteiger partial charge < -0.3 is 9.30 Å². The maximum absolute atomic E-state index is 13.6. The molecule has 0 N–H and O–H groups in total. The summed E-state index contributed by atoms with van der Waals surface area (Å²) in [6.07, 6.45) is 5.67. The highest BCUT2D eigenvalue weighted by atomic mass is 16.5. The summed E-state index contributed by atoms with van der Waals surface area (Å²) in [5, 5.41) is 0. The molecule has 0 unspecified atom stereocenters. The smallest absolute Gasteiger partial charge is 0.293 e. The first-order valence-electron chi connectivity index (χ1n) is 12.2. The minimum absolute atomic E-state index is 0.0259. The lowest BCUT2D eigenvalue weighted by Crippen LogP contribution is -2.27. The van der Waals surface area contributed by atoms with Crippen molar-refractivity contribution < 1.29 is 4.74 Å². The number of unbranched alkanes of at least 4 members (excludes halogenated alkanes) is 1. The van der Waals surface area contributed by atoms with Crippen LogP contribution in [-0.2, 0) is 18.4 Å². The normalized spacial score (nSPS) is 12.4. The fourth-order valence-corrected chi connectivity index (χ4v) is 3.71. The molecule has 2 aromatic rings. The van der Waals surface area contributed by atoms with E-state index in [4.69, 9.17) is 4.74 Å². The Labute approximate surface area is 195 Å². The third-order valence-corrected chi connectivity index (χ3v) is 5.61. The summed E-state index contributed by atoms with van der Waals surface area (Å²) in [6.45, 7) is 21.0. The Kier molecular flexibility index (Phi) is 8.73. The van der Waals surface area contributed by atoms with Crippen molar-refractivity contribution in [2.45, 2.75) is 100.0 Å². The summed E-state index contributed by atoms with van der Waals surface area (Å²) in [7, 11) is 0. The van der Waals surface area contributed by atoms with Gasteiger partial charge in [-0.05, 0) is 54.4 Å². The Hall–Kier alpha value is -2.10. The molecule has 0 radical (unpaired) electrons. The van der Waals surface area contributed by atoms with Crippen molar-refractivity contribution in [2.75, 3.05) is 6.61 Å².